The van der Waals surface area contributed by atoms with Gasteiger partial charge in [-0.25, -0.2) is 0 Å². The average molecular weight is 242 g/mol. The van der Waals surface area contributed by atoms with Crippen LogP contribution in [0.4, 0.5) is 0 Å². The predicted octanol–water partition coefficient (Wildman–Crippen LogP) is 3.93. The van der Waals surface area contributed by atoms with Gasteiger partial charge < -0.3 is 9.22 Å². The Hall–Kier alpha value is -0.413. The Morgan fingerprint density at radius 2 is 1.88 bits per heavy atom. The minimum atomic E-state index is -1.65. The second kappa shape index (κ2) is 6.35. The Morgan fingerprint density at radius 1 is 1.31 bits per heavy atom. The van der Waals surface area contributed by atoms with E-state index in [1.807, 2.05) is 6.92 Å². The van der Waals surface area contributed by atoms with Crippen molar-refractivity contribution in [2.24, 2.45) is 0 Å². The normalized spacial score (nSPS) is 14.0. The van der Waals surface area contributed by atoms with Crippen LogP contribution in [0.2, 0.25) is 18.1 Å². The third kappa shape index (κ3) is 5.08. The molecule has 2 nitrogen and oxygen atoms in total. The van der Waals surface area contributed by atoms with Gasteiger partial charge in [-0.05, 0) is 37.0 Å². The molecule has 0 fully saturated rings. The van der Waals surface area contributed by atoms with Crippen LogP contribution in [0.15, 0.2) is 11.6 Å². The highest BCUT2D eigenvalue weighted by Crippen LogP contribution is 2.36. The fourth-order valence-electron chi connectivity index (χ4n) is 1.03. The van der Waals surface area contributed by atoms with Crippen molar-refractivity contribution in [1.29, 1.82) is 0 Å². The topological polar surface area (TPSA) is 26.3 Å². The summed E-state index contributed by atoms with van der Waals surface area (Å²) >= 11 is 0. The van der Waals surface area contributed by atoms with Crippen molar-refractivity contribution in [3.05, 3.63) is 11.6 Å². The lowest BCUT2D eigenvalue weighted by atomic mass is 10.1. The minimum Gasteiger partial charge on any atom is -0.413 e. The summed E-state index contributed by atoms with van der Waals surface area (Å²) in [6.45, 7) is 13.9. The second-order valence-corrected chi connectivity index (χ2v) is 10.5. The van der Waals surface area contributed by atoms with Gasteiger partial charge >= 0.3 is 0 Å². The van der Waals surface area contributed by atoms with E-state index in [1.165, 1.54) is 5.57 Å². The Bertz CT molecular complexity index is 249. The molecular formula is C13H26O2Si. The molecule has 0 aliphatic rings. The second-order valence-electron chi connectivity index (χ2n) is 5.70. The molecule has 0 radical (unpaired) electrons. The van der Waals surface area contributed by atoms with Gasteiger partial charge in [0, 0.05) is 6.42 Å². The van der Waals surface area contributed by atoms with E-state index in [9.17, 15) is 4.79 Å². The van der Waals surface area contributed by atoms with Gasteiger partial charge in [0.05, 0.1) is 6.61 Å². The van der Waals surface area contributed by atoms with Gasteiger partial charge in [0.25, 0.3) is 0 Å². The molecule has 0 spiro atoms. The summed E-state index contributed by atoms with van der Waals surface area (Å²) < 4.78 is 6.10. The van der Waals surface area contributed by atoms with Gasteiger partial charge in [-0.3, -0.25) is 0 Å². The van der Waals surface area contributed by atoms with E-state index in [0.29, 0.717) is 13.0 Å². The third-order valence-electron chi connectivity index (χ3n) is 3.42. The molecule has 94 valence electrons. The summed E-state index contributed by atoms with van der Waals surface area (Å²) in [4.78, 5) is 10.3. The van der Waals surface area contributed by atoms with Crippen LogP contribution in [-0.2, 0) is 9.22 Å². The van der Waals surface area contributed by atoms with Crippen LogP contribution in [0.3, 0.4) is 0 Å². The summed E-state index contributed by atoms with van der Waals surface area (Å²) in [6, 6.07) is 0. The summed E-state index contributed by atoms with van der Waals surface area (Å²) in [5.41, 5.74) is 1.23. The first-order valence-corrected chi connectivity index (χ1v) is 8.87. The number of aldehydes is 1. The highest BCUT2D eigenvalue weighted by molar-refractivity contribution is 6.74. The van der Waals surface area contributed by atoms with E-state index in [0.717, 1.165) is 12.7 Å². The van der Waals surface area contributed by atoms with Crippen molar-refractivity contribution in [3.63, 3.8) is 0 Å². The Labute approximate surface area is 101 Å². The van der Waals surface area contributed by atoms with Gasteiger partial charge in [0.1, 0.15) is 6.29 Å². The fraction of sp³-hybridized carbons (Fsp3) is 0.769. The van der Waals surface area contributed by atoms with Crippen molar-refractivity contribution in [2.45, 2.75) is 58.7 Å². The van der Waals surface area contributed by atoms with Gasteiger partial charge in [0.15, 0.2) is 8.32 Å². The van der Waals surface area contributed by atoms with Gasteiger partial charge in [0.2, 0.25) is 0 Å². The van der Waals surface area contributed by atoms with Crippen molar-refractivity contribution in [3.8, 4) is 0 Å². The van der Waals surface area contributed by atoms with Crippen LogP contribution in [-0.4, -0.2) is 21.2 Å². The highest BCUT2D eigenvalue weighted by Gasteiger charge is 2.37. The average Bonchev–Trinajstić information content (AvgIpc) is 2.16. The first-order chi connectivity index (χ1) is 7.24. The molecule has 0 bridgehead atoms. The Morgan fingerprint density at radius 3 is 2.25 bits per heavy atom. The molecule has 0 saturated heterocycles. The lowest BCUT2D eigenvalue weighted by molar-refractivity contribution is -0.107. The van der Waals surface area contributed by atoms with Crippen molar-refractivity contribution in [2.75, 3.05) is 6.61 Å². The molecule has 0 aliphatic carbocycles. The molecule has 0 saturated carbocycles. The zero-order valence-corrected chi connectivity index (χ0v) is 12.6. The zero-order chi connectivity index (χ0) is 12.8. The largest absolute Gasteiger partial charge is 0.413 e. The van der Waals surface area contributed by atoms with Crippen LogP contribution in [0.5, 0.6) is 0 Å². The zero-order valence-electron chi connectivity index (χ0n) is 11.6. The molecule has 16 heavy (non-hydrogen) atoms. The lowest BCUT2D eigenvalue weighted by Gasteiger charge is -2.36. The van der Waals surface area contributed by atoms with E-state index >= 15 is 0 Å². The molecule has 0 atom stereocenters. The van der Waals surface area contributed by atoms with E-state index in [1.54, 1.807) is 0 Å². The molecule has 0 aromatic heterocycles. The summed E-state index contributed by atoms with van der Waals surface area (Å²) in [5, 5.41) is 0.247. The monoisotopic (exact) mass is 242 g/mol. The van der Waals surface area contributed by atoms with Gasteiger partial charge in [-0.1, -0.05) is 26.8 Å². The summed E-state index contributed by atoms with van der Waals surface area (Å²) in [6.07, 6.45) is 4.46. The predicted molar refractivity (Wildman–Crippen MR) is 72.2 cm³/mol. The molecule has 0 aliphatic heterocycles. The standard InChI is InChI=1S/C13H26O2Si/c1-7-12(9-8-10-14)11-15-16(5,6)13(2,3)4/h7,10H,8-9,11H2,1-6H3/b12-7+. The van der Waals surface area contributed by atoms with Crippen molar-refractivity contribution >= 4 is 14.6 Å². The van der Waals surface area contributed by atoms with Crippen molar-refractivity contribution < 1.29 is 9.22 Å². The Kier molecular flexibility index (Phi) is 6.19. The number of rotatable bonds is 6. The maximum Gasteiger partial charge on any atom is 0.192 e. The molecule has 0 unspecified atom stereocenters. The number of carbonyl (C=O) groups is 1. The first kappa shape index (κ1) is 15.6. The van der Waals surface area contributed by atoms with E-state index < -0.39 is 8.32 Å². The lowest BCUT2D eigenvalue weighted by Crippen LogP contribution is -2.41. The van der Waals surface area contributed by atoms with E-state index in [4.69, 9.17) is 4.43 Å². The Balaban J connectivity index is 4.27. The smallest absolute Gasteiger partial charge is 0.192 e. The molecular weight excluding hydrogens is 216 g/mol. The van der Waals surface area contributed by atoms with Crippen LogP contribution in [0.25, 0.3) is 0 Å². The minimum absolute atomic E-state index is 0.247. The molecule has 3 heteroatoms. The third-order valence-corrected chi connectivity index (χ3v) is 7.89. The highest BCUT2D eigenvalue weighted by atomic mass is 28.4. The maximum atomic E-state index is 10.3. The fourth-order valence-corrected chi connectivity index (χ4v) is 2.01. The first-order valence-electron chi connectivity index (χ1n) is 5.96. The maximum absolute atomic E-state index is 10.3. The van der Waals surface area contributed by atoms with E-state index in [2.05, 4.69) is 39.9 Å². The molecule has 0 amide bonds. The molecule has 0 rings (SSSR count). The summed E-state index contributed by atoms with van der Waals surface area (Å²) in [5.74, 6) is 0. The number of hydrogen-bond donors (Lipinski definition) is 0. The number of carbonyl (C=O) groups excluding carboxylic acids is 1. The SMILES string of the molecule is C/C=C(\CCC=O)CO[Si](C)(C)C(C)(C)C. The van der Waals surface area contributed by atoms with E-state index in [-0.39, 0.29) is 5.04 Å². The quantitative estimate of drug-likeness (QED) is 0.401. The van der Waals surface area contributed by atoms with Crippen LogP contribution < -0.4 is 0 Å². The molecule has 0 aromatic rings. The van der Waals surface area contributed by atoms with Crippen molar-refractivity contribution in [1.82, 2.24) is 0 Å². The molecule has 0 heterocycles. The van der Waals surface area contributed by atoms with Crippen LogP contribution in [0.1, 0.15) is 40.5 Å². The van der Waals surface area contributed by atoms with Gasteiger partial charge in [-0.2, -0.15) is 0 Å². The van der Waals surface area contributed by atoms with Gasteiger partial charge in [-0.15, -0.1) is 0 Å². The van der Waals surface area contributed by atoms with Crippen LogP contribution >= 0.6 is 0 Å². The van der Waals surface area contributed by atoms with Crippen LogP contribution in [0, 0.1) is 0 Å². The summed E-state index contributed by atoms with van der Waals surface area (Å²) in [7, 11) is -1.65. The number of allylic oxidation sites excluding steroid dienone is 1. The number of hydrogen-bond acceptors (Lipinski definition) is 2. The molecule has 0 aromatic carbocycles. The molecule has 0 N–H and O–H groups in total.